The molecule has 2 amide bonds. The molecule has 2 heterocycles. The van der Waals surface area contributed by atoms with Crippen LogP contribution in [-0.2, 0) is 21.9 Å². The Morgan fingerprint density at radius 1 is 1.08 bits per heavy atom. The maximum Gasteiger partial charge on any atom is 0.259 e. The Balaban J connectivity index is 1.27. The smallest absolute Gasteiger partial charge is 0.259 e. The summed E-state index contributed by atoms with van der Waals surface area (Å²) in [6, 6.07) is 20.6. The number of benzene rings is 3. The molecule has 2 aliphatic rings. The number of carbonyl (C=O) groups excluding carboxylic acids is 2. The number of nitrogens with zero attached hydrogens (tertiary/aromatic N) is 3. The third-order valence-corrected chi connectivity index (χ3v) is 7.15. The number of fused-ring (bicyclic) bond motifs is 3. The Labute approximate surface area is 218 Å². The summed E-state index contributed by atoms with van der Waals surface area (Å²) in [5.74, 6) is 1.12. The average molecular weight is 517 g/mol. The highest BCUT2D eigenvalue weighted by Crippen LogP contribution is 2.35. The summed E-state index contributed by atoms with van der Waals surface area (Å²) in [5, 5.41) is 3.42. The van der Waals surface area contributed by atoms with Gasteiger partial charge in [0.2, 0.25) is 5.91 Å². The third kappa shape index (κ3) is 5.41. The zero-order valence-corrected chi connectivity index (χ0v) is 21.0. The number of para-hydroxylation sites is 2. The van der Waals surface area contributed by atoms with Crippen molar-refractivity contribution in [2.45, 2.75) is 31.2 Å². The molecule has 188 valence electrons. The van der Waals surface area contributed by atoms with E-state index in [-0.39, 0.29) is 30.5 Å². The Kier molecular flexibility index (Phi) is 7.32. The fourth-order valence-corrected chi connectivity index (χ4v) is 5.17. The monoisotopic (exact) mass is 516 g/mol. The van der Waals surface area contributed by atoms with Crippen LogP contribution in [-0.4, -0.2) is 40.9 Å². The minimum atomic E-state index is -0.671. The summed E-state index contributed by atoms with van der Waals surface area (Å²) in [7, 11) is 1.59. The average Bonchev–Trinajstić information content (AvgIpc) is 3.26. The highest BCUT2D eigenvalue weighted by Gasteiger charge is 2.41. The van der Waals surface area contributed by atoms with Gasteiger partial charge in [-0.25, -0.2) is 14.3 Å². The van der Waals surface area contributed by atoms with Crippen molar-refractivity contribution in [3.8, 4) is 5.75 Å². The first kappa shape index (κ1) is 24.7. The largest absolute Gasteiger partial charge is 0.496 e. The maximum absolute atomic E-state index is 13.4. The Hall–Kier alpha value is -3.98. The van der Waals surface area contributed by atoms with E-state index >= 15 is 0 Å². The van der Waals surface area contributed by atoms with Gasteiger partial charge in [-0.05, 0) is 42.3 Å². The molecule has 0 aromatic heterocycles. The fourth-order valence-electron chi connectivity index (χ4n) is 4.21. The number of rotatable bonds is 8. The van der Waals surface area contributed by atoms with E-state index in [4.69, 9.17) is 14.7 Å². The van der Waals surface area contributed by atoms with Gasteiger partial charge in [0.05, 0.1) is 12.8 Å². The van der Waals surface area contributed by atoms with Crippen LogP contribution in [0.25, 0.3) is 0 Å². The molecule has 0 fully saturated rings. The number of methoxy groups -OCH3 is 1. The van der Waals surface area contributed by atoms with Crippen molar-refractivity contribution < 1.29 is 18.7 Å². The Morgan fingerprint density at radius 3 is 2.65 bits per heavy atom. The van der Waals surface area contributed by atoms with Gasteiger partial charge in [-0.3, -0.25) is 14.6 Å². The minimum absolute atomic E-state index is 0.160. The molecule has 5 rings (SSSR count). The minimum Gasteiger partial charge on any atom is -0.496 e. The highest BCUT2D eigenvalue weighted by molar-refractivity contribution is 8.13. The van der Waals surface area contributed by atoms with Gasteiger partial charge >= 0.3 is 0 Å². The Morgan fingerprint density at radius 2 is 1.84 bits per heavy atom. The van der Waals surface area contributed by atoms with Gasteiger partial charge in [0.25, 0.3) is 5.91 Å². The molecule has 2 aliphatic heterocycles. The van der Waals surface area contributed by atoms with E-state index in [1.165, 1.54) is 23.9 Å². The van der Waals surface area contributed by atoms with Gasteiger partial charge in [-0.2, -0.15) is 0 Å². The van der Waals surface area contributed by atoms with Crippen LogP contribution in [0.5, 0.6) is 5.75 Å². The zero-order chi connectivity index (χ0) is 25.8. The lowest BCUT2D eigenvalue weighted by atomic mass is 10.1. The van der Waals surface area contributed by atoms with Gasteiger partial charge < -0.3 is 10.1 Å². The zero-order valence-electron chi connectivity index (χ0n) is 20.2. The topological polar surface area (TPSA) is 83.4 Å². The van der Waals surface area contributed by atoms with Crippen molar-refractivity contribution in [3.05, 3.63) is 95.3 Å². The second-order valence-electron chi connectivity index (χ2n) is 8.60. The number of aliphatic imine (C=N–C) groups is 2. The van der Waals surface area contributed by atoms with E-state index in [1.54, 1.807) is 24.1 Å². The number of hydrogen-bond donors (Lipinski definition) is 1. The normalized spacial score (nSPS) is 16.0. The molecule has 0 radical (unpaired) electrons. The van der Waals surface area contributed by atoms with Crippen LogP contribution < -0.4 is 10.1 Å². The van der Waals surface area contributed by atoms with Crippen LogP contribution in [0.1, 0.15) is 29.5 Å². The van der Waals surface area contributed by atoms with E-state index in [0.29, 0.717) is 29.1 Å². The molecule has 0 spiro atoms. The molecule has 0 saturated heterocycles. The molecule has 0 bridgehead atoms. The van der Waals surface area contributed by atoms with Crippen molar-refractivity contribution in [1.82, 2.24) is 10.2 Å². The quantitative estimate of drug-likeness (QED) is 0.465. The van der Waals surface area contributed by atoms with Crippen molar-refractivity contribution in [3.63, 3.8) is 0 Å². The number of amides is 2. The lowest BCUT2D eigenvalue weighted by Crippen LogP contribution is -2.41. The molecule has 0 aliphatic carbocycles. The van der Waals surface area contributed by atoms with Crippen LogP contribution in [0.3, 0.4) is 0 Å². The van der Waals surface area contributed by atoms with E-state index in [2.05, 4.69) is 5.32 Å². The highest BCUT2D eigenvalue weighted by atomic mass is 32.2. The second kappa shape index (κ2) is 11.0. The van der Waals surface area contributed by atoms with Crippen molar-refractivity contribution in [1.29, 1.82) is 0 Å². The molecular weight excluding hydrogens is 491 g/mol. The standard InChI is InChI=1S/C28H25FN4O3S/c1-36-24-9-5-2-6-19(24)16-30-25(34)15-14-23-27(35)33-26(31-23)21-7-3-4-8-22(21)32-28(33)37-17-18-10-12-20(29)13-11-18/h2-13,23H,14-17H2,1H3,(H,30,34)/t23-/m1/s1. The van der Waals surface area contributed by atoms with E-state index in [9.17, 15) is 14.0 Å². The molecule has 0 saturated carbocycles. The van der Waals surface area contributed by atoms with Crippen LogP contribution in [0.4, 0.5) is 10.1 Å². The summed E-state index contributed by atoms with van der Waals surface area (Å²) in [4.78, 5) is 37.0. The SMILES string of the molecule is COc1ccccc1CNC(=O)CC[C@H]1N=C2c3ccccc3N=C(SCc3ccc(F)cc3)N2C1=O. The van der Waals surface area contributed by atoms with E-state index in [0.717, 1.165) is 22.4 Å². The number of halogens is 1. The summed E-state index contributed by atoms with van der Waals surface area (Å²) in [5.41, 5.74) is 3.32. The maximum atomic E-state index is 13.4. The summed E-state index contributed by atoms with van der Waals surface area (Å²) in [6.07, 6.45) is 0.446. The molecule has 0 unspecified atom stereocenters. The molecule has 3 aromatic carbocycles. The first-order valence-corrected chi connectivity index (χ1v) is 12.9. The third-order valence-electron chi connectivity index (χ3n) is 6.14. The Bertz CT molecular complexity index is 1390. The summed E-state index contributed by atoms with van der Waals surface area (Å²) in [6.45, 7) is 0.340. The predicted octanol–water partition coefficient (Wildman–Crippen LogP) is 4.82. The molecule has 1 N–H and O–H groups in total. The van der Waals surface area contributed by atoms with Crippen LogP contribution in [0.2, 0.25) is 0 Å². The first-order chi connectivity index (χ1) is 18.0. The molecule has 1 atom stereocenters. The van der Waals surface area contributed by atoms with Gasteiger partial charge in [-0.1, -0.05) is 54.2 Å². The number of carbonyl (C=O) groups is 2. The van der Waals surface area contributed by atoms with E-state index in [1.807, 2.05) is 48.5 Å². The lowest BCUT2D eigenvalue weighted by molar-refractivity contribution is -0.125. The number of amidine groups is 2. The lowest BCUT2D eigenvalue weighted by Gasteiger charge is -2.25. The van der Waals surface area contributed by atoms with Gasteiger partial charge in [0.1, 0.15) is 23.4 Å². The van der Waals surface area contributed by atoms with Gasteiger partial charge in [0.15, 0.2) is 5.17 Å². The molecular formula is C28H25FN4O3S. The summed E-state index contributed by atoms with van der Waals surface area (Å²) < 4.78 is 18.6. The molecule has 7 nitrogen and oxygen atoms in total. The van der Waals surface area contributed by atoms with Crippen LogP contribution in [0.15, 0.2) is 82.8 Å². The van der Waals surface area contributed by atoms with Crippen LogP contribution in [0, 0.1) is 5.82 Å². The molecule has 9 heteroatoms. The van der Waals surface area contributed by atoms with Gasteiger partial charge in [-0.15, -0.1) is 0 Å². The molecule has 37 heavy (non-hydrogen) atoms. The fraction of sp³-hybridized carbons (Fsp3) is 0.214. The van der Waals surface area contributed by atoms with Crippen molar-refractivity contribution >= 4 is 40.3 Å². The van der Waals surface area contributed by atoms with Gasteiger partial charge in [0, 0.05) is 29.8 Å². The molecule has 3 aromatic rings. The van der Waals surface area contributed by atoms with Crippen molar-refractivity contribution in [2.75, 3.05) is 7.11 Å². The number of hydrogen-bond acceptors (Lipinski definition) is 6. The summed E-state index contributed by atoms with van der Waals surface area (Å²) >= 11 is 1.40. The number of nitrogens with one attached hydrogen (secondary N) is 1. The van der Waals surface area contributed by atoms with Crippen LogP contribution >= 0.6 is 11.8 Å². The number of thioether (sulfide) groups is 1. The van der Waals surface area contributed by atoms with E-state index < -0.39 is 6.04 Å². The predicted molar refractivity (Wildman–Crippen MR) is 142 cm³/mol. The number of ether oxygens (including phenoxy) is 1. The second-order valence-corrected chi connectivity index (χ2v) is 9.54. The van der Waals surface area contributed by atoms with Crippen molar-refractivity contribution in [2.24, 2.45) is 9.98 Å². The first-order valence-electron chi connectivity index (χ1n) is 11.9.